The molecule has 0 aromatic heterocycles. The molecule has 3 aromatic rings. The Balaban J connectivity index is 1.94. The van der Waals surface area contributed by atoms with E-state index in [9.17, 15) is 9.18 Å². The Labute approximate surface area is 134 Å². The third-order valence-corrected chi connectivity index (χ3v) is 3.62. The summed E-state index contributed by atoms with van der Waals surface area (Å²) in [5.74, 6) is -1.01. The number of hydrogen-bond donors (Lipinski definition) is 1. The minimum Gasteiger partial charge on any atom is -0.325 e. The largest absolute Gasteiger partial charge is 0.325 e. The second kappa shape index (κ2) is 6.88. The highest BCUT2D eigenvalue weighted by Crippen LogP contribution is 2.26. The molecule has 0 aliphatic carbocycles. The molecule has 0 spiro atoms. The molecule has 0 saturated heterocycles. The molecule has 1 N–H and O–H groups in total. The molecule has 114 valence electrons. The summed E-state index contributed by atoms with van der Waals surface area (Å²) in [6.07, 6.45) is 0. The first kappa shape index (κ1) is 15.0. The van der Waals surface area contributed by atoms with Crippen molar-refractivity contribution in [3.63, 3.8) is 0 Å². The van der Waals surface area contributed by atoms with Gasteiger partial charge in [-0.05, 0) is 29.3 Å². The number of nitrogens with one attached hydrogen (secondary N) is 1. The van der Waals surface area contributed by atoms with Crippen LogP contribution in [-0.2, 0) is 4.79 Å². The van der Waals surface area contributed by atoms with E-state index >= 15 is 0 Å². The summed E-state index contributed by atoms with van der Waals surface area (Å²) in [4.78, 5) is 12.8. The molecule has 3 rings (SSSR count). The van der Waals surface area contributed by atoms with Gasteiger partial charge in [0.15, 0.2) is 0 Å². The van der Waals surface area contributed by atoms with Crippen molar-refractivity contribution in [3.05, 3.63) is 102 Å². The fourth-order valence-corrected chi connectivity index (χ4v) is 2.57. The number of amides is 1. The zero-order valence-electron chi connectivity index (χ0n) is 12.4. The van der Waals surface area contributed by atoms with Crippen molar-refractivity contribution in [2.45, 2.75) is 5.92 Å². The standard InChI is InChI=1S/C20H16FNO/c21-17-12-7-13-18(14-17)22-20(23)19(15-8-3-1-4-9-15)16-10-5-2-6-11-16/h1-14,19H,(H,22,23). The van der Waals surface area contributed by atoms with Crippen LogP contribution in [0.5, 0.6) is 0 Å². The molecule has 23 heavy (non-hydrogen) atoms. The van der Waals surface area contributed by atoms with E-state index in [1.165, 1.54) is 12.1 Å². The van der Waals surface area contributed by atoms with E-state index in [2.05, 4.69) is 5.32 Å². The zero-order chi connectivity index (χ0) is 16.1. The molecule has 0 atom stereocenters. The highest BCUT2D eigenvalue weighted by atomic mass is 19.1. The Bertz CT molecular complexity index is 748. The highest BCUT2D eigenvalue weighted by Gasteiger charge is 2.22. The second-order valence-electron chi connectivity index (χ2n) is 5.25. The molecule has 3 heteroatoms. The van der Waals surface area contributed by atoms with E-state index in [4.69, 9.17) is 0 Å². The lowest BCUT2D eigenvalue weighted by Gasteiger charge is -2.18. The molecule has 0 unspecified atom stereocenters. The van der Waals surface area contributed by atoms with Crippen LogP contribution in [-0.4, -0.2) is 5.91 Å². The predicted octanol–water partition coefficient (Wildman–Crippen LogP) is 4.60. The van der Waals surface area contributed by atoms with E-state index < -0.39 is 5.92 Å². The van der Waals surface area contributed by atoms with Crippen LogP contribution in [0.3, 0.4) is 0 Å². The molecule has 0 bridgehead atoms. The average molecular weight is 305 g/mol. The van der Waals surface area contributed by atoms with Crippen molar-refractivity contribution in [1.82, 2.24) is 0 Å². The highest BCUT2D eigenvalue weighted by molar-refractivity contribution is 5.98. The quantitative estimate of drug-likeness (QED) is 0.750. The first-order valence-corrected chi connectivity index (χ1v) is 7.40. The van der Waals surface area contributed by atoms with Crippen LogP contribution >= 0.6 is 0 Å². The summed E-state index contributed by atoms with van der Waals surface area (Å²) >= 11 is 0. The topological polar surface area (TPSA) is 29.1 Å². The SMILES string of the molecule is O=C(Nc1cccc(F)c1)C(c1ccccc1)c1ccccc1. The Morgan fingerprint density at radius 3 is 1.87 bits per heavy atom. The zero-order valence-corrected chi connectivity index (χ0v) is 12.4. The first-order chi connectivity index (χ1) is 11.2. The van der Waals surface area contributed by atoms with Crippen LogP contribution in [0.1, 0.15) is 17.0 Å². The van der Waals surface area contributed by atoms with Crippen molar-refractivity contribution < 1.29 is 9.18 Å². The Morgan fingerprint density at radius 2 is 1.35 bits per heavy atom. The molecular weight excluding hydrogens is 289 g/mol. The summed E-state index contributed by atoms with van der Waals surface area (Å²) in [5.41, 5.74) is 2.24. The normalized spacial score (nSPS) is 10.5. The summed E-state index contributed by atoms with van der Waals surface area (Å²) in [7, 11) is 0. The molecule has 0 aliphatic heterocycles. The van der Waals surface area contributed by atoms with Gasteiger partial charge < -0.3 is 5.32 Å². The number of carbonyl (C=O) groups excluding carboxylic acids is 1. The number of anilines is 1. The fraction of sp³-hybridized carbons (Fsp3) is 0.0500. The summed E-state index contributed by atoms with van der Waals surface area (Å²) in [6.45, 7) is 0. The molecule has 3 aromatic carbocycles. The molecule has 0 aliphatic rings. The van der Waals surface area contributed by atoms with Gasteiger partial charge in [0.2, 0.25) is 5.91 Å². The average Bonchev–Trinajstić information content (AvgIpc) is 2.57. The van der Waals surface area contributed by atoms with Crippen LogP contribution in [0.2, 0.25) is 0 Å². The molecular formula is C20H16FNO. The van der Waals surface area contributed by atoms with Gasteiger partial charge in [0.1, 0.15) is 5.82 Å². The molecule has 0 heterocycles. The maximum atomic E-state index is 13.3. The van der Waals surface area contributed by atoms with E-state index in [0.717, 1.165) is 11.1 Å². The van der Waals surface area contributed by atoms with Gasteiger partial charge in [-0.1, -0.05) is 66.7 Å². The number of hydrogen-bond acceptors (Lipinski definition) is 1. The summed E-state index contributed by atoms with van der Waals surface area (Å²) in [5, 5.41) is 2.80. The second-order valence-corrected chi connectivity index (χ2v) is 5.25. The van der Waals surface area contributed by atoms with Crippen LogP contribution < -0.4 is 5.32 Å². The maximum absolute atomic E-state index is 13.3. The number of benzene rings is 3. The van der Waals surface area contributed by atoms with E-state index in [0.29, 0.717) is 5.69 Å². The first-order valence-electron chi connectivity index (χ1n) is 7.40. The summed E-state index contributed by atoms with van der Waals surface area (Å²) in [6, 6.07) is 25.0. The van der Waals surface area contributed by atoms with Crippen molar-refractivity contribution in [2.24, 2.45) is 0 Å². The Hall–Kier alpha value is -2.94. The lowest BCUT2D eigenvalue weighted by molar-refractivity contribution is -0.116. The van der Waals surface area contributed by atoms with Crippen molar-refractivity contribution in [3.8, 4) is 0 Å². The molecule has 1 amide bonds. The minimum absolute atomic E-state index is 0.187. The van der Waals surface area contributed by atoms with Gasteiger partial charge in [-0.2, -0.15) is 0 Å². The van der Waals surface area contributed by atoms with Crippen LogP contribution in [0.4, 0.5) is 10.1 Å². The lowest BCUT2D eigenvalue weighted by Crippen LogP contribution is -2.22. The van der Waals surface area contributed by atoms with Crippen LogP contribution in [0.25, 0.3) is 0 Å². The monoisotopic (exact) mass is 305 g/mol. The Kier molecular flexibility index (Phi) is 4.48. The van der Waals surface area contributed by atoms with Crippen molar-refractivity contribution >= 4 is 11.6 Å². The maximum Gasteiger partial charge on any atom is 0.236 e. The van der Waals surface area contributed by atoms with Crippen molar-refractivity contribution in [1.29, 1.82) is 0 Å². The van der Waals surface area contributed by atoms with Gasteiger partial charge in [-0.15, -0.1) is 0 Å². The third-order valence-electron chi connectivity index (χ3n) is 3.62. The molecule has 2 nitrogen and oxygen atoms in total. The predicted molar refractivity (Wildman–Crippen MR) is 89.8 cm³/mol. The molecule has 0 radical (unpaired) electrons. The van der Waals surface area contributed by atoms with Gasteiger partial charge in [0, 0.05) is 5.69 Å². The van der Waals surface area contributed by atoms with Gasteiger partial charge in [-0.3, -0.25) is 4.79 Å². The smallest absolute Gasteiger partial charge is 0.236 e. The lowest BCUT2D eigenvalue weighted by atomic mass is 9.90. The summed E-state index contributed by atoms with van der Waals surface area (Å²) < 4.78 is 13.3. The van der Waals surface area contributed by atoms with Gasteiger partial charge in [0.25, 0.3) is 0 Å². The fourth-order valence-electron chi connectivity index (χ4n) is 2.57. The van der Waals surface area contributed by atoms with E-state index in [1.807, 2.05) is 60.7 Å². The van der Waals surface area contributed by atoms with Gasteiger partial charge in [-0.25, -0.2) is 4.39 Å². The minimum atomic E-state index is -0.444. The van der Waals surface area contributed by atoms with Gasteiger partial charge >= 0.3 is 0 Å². The number of halogens is 1. The number of rotatable bonds is 4. The van der Waals surface area contributed by atoms with Crippen LogP contribution in [0, 0.1) is 5.82 Å². The van der Waals surface area contributed by atoms with Crippen LogP contribution in [0.15, 0.2) is 84.9 Å². The molecule has 0 fully saturated rings. The third kappa shape index (κ3) is 3.64. The Morgan fingerprint density at radius 1 is 0.783 bits per heavy atom. The van der Waals surface area contributed by atoms with E-state index in [1.54, 1.807) is 12.1 Å². The van der Waals surface area contributed by atoms with Gasteiger partial charge in [0.05, 0.1) is 5.92 Å². The van der Waals surface area contributed by atoms with E-state index in [-0.39, 0.29) is 11.7 Å². The van der Waals surface area contributed by atoms with Crippen molar-refractivity contribution in [2.75, 3.05) is 5.32 Å². The molecule has 0 saturated carbocycles. The number of carbonyl (C=O) groups is 1.